The summed E-state index contributed by atoms with van der Waals surface area (Å²) in [5.41, 5.74) is -0.275. The highest BCUT2D eigenvalue weighted by molar-refractivity contribution is 5.76. The number of aliphatic hydroxyl groups is 1. The summed E-state index contributed by atoms with van der Waals surface area (Å²) < 4.78 is 1.41. The first-order valence-corrected chi connectivity index (χ1v) is 6.99. The van der Waals surface area contributed by atoms with Gasteiger partial charge in [0.2, 0.25) is 5.91 Å². The molecule has 1 N–H and O–H groups in total. The number of likely N-dealkylation sites (tertiary alicyclic amines) is 1. The van der Waals surface area contributed by atoms with Crippen LogP contribution in [-0.4, -0.2) is 39.7 Å². The van der Waals surface area contributed by atoms with E-state index in [1.807, 2.05) is 0 Å². The van der Waals surface area contributed by atoms with Crippen LogP contribution in [0.15, 0.2) is 29.2 Å². The molecule has 0 aliphatic carbocycles. The number of carbonyl (C=O) groups excluding carboxylic acids is 1. The lowest BCUT2D eigenvalue weighted by molar-refractivity contribution is -0.133. The van der Waals surface area contributed by atoms with Crippen molar-refractivity contribution in [3.63, 3.8) is 0 Å². The molecule has 0 unspecified atom stereocenters. The van der Waals surface area contributed by atoms with Crippen molar-refractivity contribution in [3.8, 4) is 0 Å². The van der Waals surface area contributed by atoms with Crippen molar-refractivity contribution in [1.82, 2.24) is 9.47 Å². The number of amides is 1. The molecule has 2 heterocycles. The summed E-state index contributed by atoms with van der Waals surface area (Å²) in [5, 5.41) is 9.87. The third kappa shape index (κ3) is 3.70. The molecule has 1 aliphatic rings. The molecule has 0 aromatic carbocycles. The molecule has 1 atom stereocenters. The number of nitrogens with zero attached hydrogens (tertiary/aromatic N) is 2. The Hall–Kier alpha value is -1.62. The average molecular weight is 278 g/mol. The van der Waals surface area contributed by atoms with E-state index in [2.05, 4.69) is 13.8 Å². The zero-order chi connectivity index (χ0) is 14.8. The van der Waals surface area contributed by atoms with E-state index in [-0.39, 0.29) is 29.5 Å². The summed E-state index contributed by atoms with van der Waals surface area (Å²) in [5.74, 6) is -0.0690. The molecular formula is C15H22N2O3. The third-order valence-electron chi connectivity index (χ3n) is 3.70. The first-order valence-electron chi connectivity index (χ1n) is 6.99. The predicted octanol–water partition coefficient (Wildman–Crippen LogP) is 0.858. The molecule has 0 radical (unpaired) electrons. The van der Waals surface area contributed by atoms with E-state index in [0.717, 1.165) is 0 Å². The molecule has 5 nitrogen and oxygen atoms in total. The standard InChI is InChI=1S/C15H22N2O3/c1-15(2)9-12(18)6-8-17(11-15)14(20)10-16-7-4-3-5-13(16)19/h3-5,7,12,18H,6,8-11H2,1-2H3/t12-/m0/s1. The van der Waals surface area contributed by atoms with Crippen molar-refractivity contribution >= 4 is 5.91 Å². The first-order chi connectivity index (χ1) is 9.37. The Balaban J connectivity index is 2.09. The van der Waals surface area contributed by atoms with Crippen molar-refractivity contribution in [2.24, 2.45) is 5.41 Å². The topological polar surface area (TPSA) is 62.5 Å². The lowest BCUT2D eigenvalue weighted by Gasteiger charge is -2.29. The van der Waals surface area contributed by atoms with Crippen molar-refractivity contribution in [3.05, 3.63) is 34.7 Å². The van der Waals surface area contributed by atoms with Gasteiger partial charge in [-0.2, -0.15) is 0 Å². The second kappa shape index (κ2) is 5.79. The van der Waals surface area contributed by atoms with Crippen LogP contribution in [0.1, 0.15) is 26.7 Å². The zero-order valence-corrected chi connectivity index (χ0v) is 12.1. The molecule has 1 aromatic rings. The van der Waals surface area contributed by atoms with E-state index in [4.69, 9.17) is 0 Å². The minimum absolute atomic E-state index is 0.0614. The molecule has 0 spiro atoms. The van der Waals surface area contributed by atoms with Crippen LogP contribution in [0.25, 0.3) is 0 Å². The Morgan fingerprint density at radius 2 is 2.20 bits per heavy atom. The van der Waals surface area contributed by atoms with E-state index in [9.17, 15) is 14.7 Å². The van der Waals surface area contributed by atoms with E-state index >= 15 is 0 Å². The molecule has 0 bridgehead atoms. The number of hydrogen-bond acceptors (Lipinski definition) is 3. The van der Waals surface area contributed by atoms with E-state index in [1.165, 1.54) is 10.6 Å². The highest BCUT2D eigenvalue weighted by atomic mass is 16.3. The van der Waals surface area contributed by atoms with Crippen molar-refractivity contribution in [2.45, 2.75) is 39.3 Å². The van der Waals surface area contributed by atoms with Gasteiger partial charge in [0, 0.05) is 25.4 Å². The van der Waals surface area contributed by atoms with Crippen LogP contribution in [0.4, 0.5) is 0 Å². The Morgan fingerprint density at radius 1 is 1.45 bits per heavy atom. The Bertz CT molecular complexity index is 536. The van der Waals surface area contributed by atoms with Gasteiger partial charge < -0.3 is 14.6 Å². The van der Waals surface area contributed by atoms with Gasteiger partial charge in [-0.3, -0.25) is 9.59 Å². The summed E-state index contributed by atoms with van der Waals surface area (Å²) in [6.45, 7) is 5.33. The van der Waals surface area contributed by atoms with Crippen molar-refractivity contribution in [2.75, 3.05) is 13.1 Å². The average Bonchev–Trinajstić information content (AvgIpc) is 2.49. The number of pyridine rings is 1. The maximum Gasteiger partial charge on any atom is 0.250 e. The van der Waals surface area contributed by atoms with Crippen LogP contribution < -0.4 is 5.56 Å². The highest BCUT2D eigenvalue weighted by Gasteiger charge is 2.31. The molecule has 0 saturated carbocycles. The summed E-state index contributed by atoms with van der Waals surface area (Å²) in [7, 11) is 0. The number of rotatable bonds is 2. The molecule has 1 aromatic heterocycles. The van der Waals surface area contributed by atoms with Crippen LogP contribution in [-0.2, 0) is 11.3 Å². The zero-order valence-electron chi connectivity index (χ0n) is 12.1. The van der Waals surface area contributed by atoms with E-state index in [0.29, 0.717) is 25.9 Å². The number of carbonyl (C=O) groups is 1. The van der Waals surface area contributed by atoms with Gasteiger partial charge in [-0.1, -0.05) is 19.9 Å². The molecule has 5 heteroatoms. The fraction of sp³-hybridized carbons (Fsp3) is 0.600. The second-order valence-corrected chi connectivity index (χ2v) is 6.29. The smallest absolute Gasteiger partial charge is 0.250 e. The van der Waals surface area contributed by atoms with Gasteiger partial charge in [-0.25, -0.2) is 0 Å². The monoisotopic (exact) mass is 278 g/mol. The number of aliphatic hydroxyl groups excluding tert-OH is 1. The normalized spacial score (nSPS) is 22.4. The predicted molar refractivity (Wildman–Crippen MR) is 76.3 cm³/mol. The SMILES string of the molecule is CC1(C)C[C@@H](O)CCN(C(=O)Cn2ccccc2=O)C1. The van der Waals surface area contributed by atoms with E-state index < -0.39 is 0 Å². The Labute approximate surface area is 118 Å². The van der Waals surface area contributed by atoms with Crippen LogP contribution in [0.5, 0.6) is 0 Å². The van der Waals surface area contributed by atoms with Crippen LogP contribution >= 0.6 is 0 Å². The van der Waals surface area contributed by atoms with E-state index in [1.54, 1.807) is 23.2 Å². The minimum Gasteiger partial charge on any atom is -0.393 e. The molecule has 1 aliphatic heterocycles. The maximum absolute atomic E-state index is 12.4. The van der Waals surface area contributed by atoms with Gasteiger partial charge in [0.25, 0.3) is 5.56 Å². The summed E-state index contributed by atoms with van der Waals surface area (Å²) >= 11 is 0. The molecular weight excluding hydrogens is 256 g/mol. The van der Waals surface area contributed by atoms with Gasteiger partial charge in [0.1, 0.15) is 6.54 Å². The molecule has 2 rings (SSSR count). The maximum atomic E-state index is 12.4. The Morgan fingerprint density at radius 3 is 2.90 bits per heavy atom. The van der Waals surface area contributed by atoms with Gasteiger partial charge in [0.05, 0.1) is 6.10 Å². The van der Waals surface area contributed by atoms with Crippen molar-refractivity contribution in [1.29, 1.82) is 0 Å². The van der Waals surface area contributed by atoms with Gasteiger partial charge in [-0.15, -0.1) is 0 Å². The van der Waals surface area contributed by atoms with Crippen LogP contribution in [0.2, 0.25) is 0 Å². The molecule has 1 amide bonds. The molecule has 110 valence electrons. The Kier molecular flexibility index (Phi) is 4.28. The fourth-order valence-corrected chi connectivity index (χ4v) is 2.75. The summed E-state index contributed by atoms with van der Waals surface area (Å²) in [6.07, 6.45) is 2.56. The van der Waals surface area contributed by atoms with Crippen molar-refractivity contribution < 1.29 is 9.90 Å². The number of hydrogen-bond donors (Lipinski definition) is 1. The van der Waals surface area contributed by atoms with Crippen LogP contribution in [0.3, 0.4) is 0 Å². The van der Waals surface area contributed by atoms with Crippen LogP contribution in [0, 0.1) is 5.41 Å². The highest BCUT2D eigenvalue weighted by Crippen LogP contribution is 2.28. The summed E-state index contributed by atoms with van der Waals surface area (Å²) in [6, 6.07) is 4.85. The first kappa shape index (κ1) is 14.8. The van der Waals surface area contributed by atoms with Gasteiger partial charge >= 0.3 is 0 Å². The van der Waals surface area contributed by atoms with Gasteiger partial charge in [0.15, 0.2) is 0 Å². The molecule has 1 fully saturated rings. The molecule has 1 saturated heterocycles. The quantitative estimate of drug-likeness (QED) is 0.872. The number of aromatic nitrogens is 1. The lowest BCUT2D eigenvalue weighted by atomic mass is 9.87. The molecule has 20 heavy (non-hydrogen) atoms. The fourth-order valence-electron chi connectivity index (χ4n) is 2.75. The summed E-state index contributed by atoms with van der Waals surface area (Å²) in [4.78, 5) is 25.7. The second-order valence-electron chi connectivity index (χ2n) is 6.29. The third-order valence-corrected chi connectivity index (χ3v) is 3.70. The van der Waals surface area contributed by atoms with Gasteiger partial charge in [-0.05, 0) is 24.3 Å². The lowest BCUT2D eigenvalue weighted by Crippen LogP contribution is -2.40. The largest absolute Gasteiger partial charge is 0.393 e. The minimum atomic E-state index is -0.359.